The Labute approximate surface area is 157 Å². The van der Waals surface area contributed by atoms with Crippen LogP contribution in [0.1, 0.15) is 79.0 Å². The summed E-state index contributed by atoms with van der Waals surface area (Å²) in [5.41, 5.74) is 4.90. The Morgan fingerprint density at radius 3 is 1.76 bits per heavy atom. The fourth-order valence-corrected chi connectivity index (χ4v) is 5.37. The normalized spacial score (nSPS) is 13.8. The van der Waals surface area contributed by atoms with Gasteiger partial charge in [-0.25, -0.2) is 0 Å². The van der Waals surface area contributed by atoms with Crippen molar-refractivity contribution in [3.05, 3.63) is 47.0 Å². The predicted molar refractivity (Wildman–Crippen MR) is 115 cm³/mol. The van der Waals surface area contributed by atoms with Gasteiger partial charge in [-0.2, -0.15) is 0 Å². The van der Waals surface area contributed by atoms with Crippen molar-refractivity contribution in [3.63, 3.8) is 0 Å². The molecule has 2 aromatic carbocycles. The van der Waals surface area contributed by atoms with Crippen LogP contribution in [0.4, 0.5) is 0 Å². The molecule has 0 aliphatic carbocycles. The molecule has 25 heavy (non-hydrogen) atoms. The highest BCUT2D eigenvalue weighted by Gasteiger charge is 2.29. The minimum atomic E-state index is 0.130. The molecule has 0 saturated heterocycles. The maximum atomic E-state index is 2.38. The van der Waals surface area contributed by atoms with Gasteiger partial charge in [0.05, 0.1) is 0 Å². The molecule has 0 bridgehead atoms. The van der Waals surface area contributed by atoms with Crippen LogP contribution in [0.15, 0.2) is 30.3 Å². The van der Waals surface area contributed by atoms with Gasteiger partial charge in [-0.15, -0.1) is 11.3 Å². The zero-order valence-electron chi connectivity index (χ0n) is 17.3. The van der Waals surface area contributed by atoms with Crippen LogP contribution in [0.3, 0.4) is 0 Å². The van der Waals surface area contributed by atoms with Crippen LogP contribution in [0.5, 0.6) is 0 Å². The molecule has 0 radical (unpaired) electrons. The summed E-state index contributed by atoms with van der Waals surface area (Å²) < 4.78 is 2.89. The molecular weight excluding hydrogens is 320 g/mol. The average Bonchev–Trinajstić information content (AvgIpc) is 2.81. The van der Waals surface area contributed by atoms with Crippen LogP contribution in [-0.2, 0) is 16.2 Å². The second-order valence-electron chi connectivity index (χ2n) is 10.4. The van der Waals surface area contributed by atoms with E-state index in [2.05, 4.69) is 92.6 Å². The van der Waals surface area contributed by atoms with Crippen LogP contribution < -0.4 is 0 Å². The van der Waals surface area contributed by atoms with Crippen molar-refractivity contribution in [2.75, 3.05) is 0 Å². The molecule has 0 amide bonds. The average molecular weight is 353 g/mol. The Morgan fingerprint density at radius 1 is 0.640 bits per heavy atom. The van der Waals surface area contributed by atoms with Gasteiger partial charge < -0.3 is 0 Å². The van der Waals surface area contributed by atoms with Crippen molar-refractivity contribution in [3.8, 4) is 0 Å². The van der Waals surface area contributed by atoms with E-state index in [-0.39, 0.29) is 16.2 Å². The predicted octanol–water partition coefficient (Wildman–Crippen LogP) is 7.95. The summed E-state index contributed by atoms with van der Waals surface area (Å²) in [7, 11) is 0. The summed E-state index contributed by atoms with van der Waals surface area (Å²) in [6.45, 7) is 21.0. The maximum absolute atomic E-state index is 2.38. The third-order valence-corrected chi connectivity index (χ3v) is 6.22. The topological polar surface area (TPSA) is 0 Å². The number of thiophene rings is 1. The van der Waals surface area contributed by atoms with Gasteiger partial charge >= 0.3 is 0 Å². The van der Waals surface area contributed by atoms with Crippen molar-refractivity contribution in [1.29, 1.82) is 0 Å². The summed E-state index contributed by atoms with van der Waals surface area (Å²) in [5, 5.41) is 2.89. The molecule has 0 atom stereocenters. The molecule has 0 aliphatic heterocycles. The number of rotatable bonds is 0. The molecule has 1 aromatic heterocycles. The van der Waals surface area contributed by atoms with E-state index in [1.165, 1.54) is 36.9 Å². The van der Waals surface area contributed by atoms with Crippen molar-refractivity contribution in [2.45, 2.75) is 78.6 Å². The smallest absolute Gasteiger partial charge is 0.0395 e. The van der Waals surface area contributed by atoms with E-state index in [9.17, 15) is 0 Å². The summed E-state index contributed by atoms with van der Waals surface area (Å²) in [4.78, 5) is 0. The zero-order chi connectivity index (χ0) is 18.8. The van der Waals surface area contributed by atoms with Crippen LogP contribution in [0, 0.1) is 0 Å². The highest BCUT2D eigenvalue weighted by Crippen LogP contribution is 2.46. The van der Waals surface area contributed by atoms with E-state index < -0.39 is 0 Å². The lowest BCUT2D eigenvalue weighted by atomic mass is 9.74. The molecule has 0 nitrogen and oxygen atoms in total. The van der Waals surface area contributed by atoms with Crippen LogP contribution in [0.2, 0.25) is 0 Å². The van der Waals surface area contributed by atoms with Gasteiger partial charge in [0.1, 0.15) is 0 Å². The third kappa shape index (κ3) is 3.12. The zero-order valence-corrected chi connectivity index (χ0v) is 18.1. The largest absolute Gasteiger partial charge is 0.135 e. The molecule has 0 spiro atoms. The number of fused-ring (bicyclic) bond motifs is 3. The van der Waals surface area contributed by atoms with Crippen molar-refractivity contribution >= 4 is 31.5 Å². The summed E-state index contributed by atoms with van der Waals surface area (Å²) in [6, 6.07) is 11.6. The molecule has 0 unspecified atom stereocenters. The molecule has 0 saturated carbocycles. The van der Waals surface area contributed by atoms with Gasteiger partial charge in [0.15, 0.2) is 0 Å². The fourth-order valence-electron chi connectivity index (χ4n) is 3.88. The van der Waals surface area contributed by atoms with E-state index in [0.717, 1.165) is 0 Å². The summed E-state index contributed by atoms with van der Waals surface area (Å²) >= 11 is 1.98. The lowest BCUT2D eigenvalue weighted by Crippen LogP contribution is -2.22. The highest BCUT2D eigenvalue weighted by molar-refractivity contribution is 7.26. The number of hydrogen-bond donors (Lipinski definition) is 0. The first-order valence-corrected chi connectivity index (χ1v) is 10.1. The Bertz CT molecular complexity index is 935. The number of hydrogen-bond acceptors (Lipinski definition) is 1. The molecule has 1 heteroatoms. The second-order valence-corrected chi connectivity index (χ2v) is 11.4. The molecule has 0 fully saturated rings. The van der Waals surface area contributed by atoms with Crippen molar-refractivity contribution in [2.24, 2.45) is 0 Å². The molecule has 3 aromatic rings. The van der Waals surface area contributed by atoms with Gasteiger partial charge in [0.25, 0.3) is 0 Å². The standard InChI is InChI=1S/C24H32S/c1-22(2,3)16-11-10-12-18-19(16)15-13-14-17(23(4,5)6)20(21(15)25-18)24(7,8)9/h10-14H,1-9H3. The molecule has 3 rings (SSSR count). The fraction of sp³-hybridized carbons (Fsp3) is 0.500. The summed E-state index contributed by atoms with van der Waals surface area (Å²) in [5.74, 6) is 0. The summed E-state index contributed by atoms with van der Waals surface area (Å²) in [6.07, 6.45) is 0. The van der Waals surface area contributed by atoms with Gasteiger partial charge in [-0.3, -0.25) is 0 Å². The van der Waals surface area contributed by atoms with Gasteiger partial charge in [0.2, 0.25) is 0 Å². The van der Waals surface area contributed by atoms with E-state index >= 15 is 0 Å². The maximum Gasteiger partial charge on any atom is 0.0395 e. The minimum absolute atomic E-state index is 0.130. The third-order valence-electron chi connectivity index (χ3n) is 5.03. The first-order chi connectivity index (χ1) is 11.3. The van der Waals surface area contributed by atoms with E-state index in [1.807, 2.05) is 11.3 Å². The van der Waals surface area contributed by atoms with Gasteiger partial charge in [-0.05, 0) is 39.0 Å². The monoisotopic (exact) mass is 352 g/mol. The number of benzene rings is 2. The lowest BCUT2D eigenvalue weighted by Gasteiger charge is -2.30. The first-order valence-electron chi connectivity index (χ1n) is 9.31. The Balaban J connectivity index is 2.53. The van der Waals surface area contributed by atoms with Crippen molar-refractivity contribution < 1.29 is 0 Å². The Kier molecular flexibility index (Phi) is 4.12. The van der Waals surface area contributed by atoms with E-state index in [0.29, 0.717) is 0 Å². The molecular formula is C24H32S. The first kappa shape index (κ1) is 18.5. The van der Waals surface area contributed by atoms with Crippen LogP contribution in [-0.4, -0.2) is 0 Å². The highest BCUT2D eigenvalue weighted by atomic mass is 32.1. The minimum Gasteiger partial charge on any atom is -0.135 e. The Hall–Kier alpha value is -1.34. The van der Waals surface area contributed by atoms with E-state index in [4.69, 9.17) is 0 Å². The molecule has 0 N–H and O–H groups in total. The molecule has 1 heterocycles. The Morgan fingerprint density at radius 2 is 1.24 bits per heavy atom. The SMILES string of the molecule is CC(C)(C)c1ccc2c(sc3cccc(C(C)(C)C)c32)c1C(C)(C)C. The lowest BCUT2D eigenvalue weighted by molar-refractivity contribution is 0.535. The van der Waals surface area contributed by atoms with Gasteiger partial charge in [0, 0.05) is 20.2 Å². The molecule has 134 valence electrons. The second kappa shape index (κ2) is 5.58. The van der Waals surface area contributed by atoms with Crippen LogP contribution in [0.25, 0.3) is 20.2 Å². The molecule has 0 aliphatic rings. The van der Waals surface area contributed by atoms with Gasteiger partial charge in [-0.1, -0.05) is 86.6 Å². The van der Waals surface area contributed by atoms with E-state index in [1.54, 1.807) is 0 Å². The van der Waals surface area contributed by atoms with Crippen molar-refractivity contribution in [1.82, 2.24) is 0 Å². The van der Waals surface area contributed by atoms with Crippen LogP contribution >= 0.6 is 11.3 Å². The quantitative estimate of drug-likeness (QED) is 0.385.